The molecule has 1 atom stereocenters. The fraction of sp³-hybridized carbons (Fsp3) is 0.367. The lowest BCUT2D eigenvalue weighted by Gasteiger charge is -2.39. The van der Waals surface area contributed by atoms with E-state index in [4.69, 9.17) is 13.9 Å². The van der Waals surface area contributed by atoms with Gasteiger partial charge in [0.05, 0.1) is 19.3 Å². The van der Waals surface area contributed by atoms with Gasteiger partial charge < -0.3 is 13.9 Å². The molecule has 186 valence electrons. The molecule has 35 heavy (non-hydrogen) atoms. The van der Waals surface area contributed by atoms with Crippen LogP contribution in [-0.2, 0) is 18.7 Å². The minimum absolute atomic E-state index is 0.0328. The molecule has 0 heterocycles. The summed E-state index contributed by atoms with van der Waals surface area (Å²) in [4.78, 5) is 11.4. The van der Waals surface area contributed by atoms with Crippen molar-refractivity contribution in [2.45, 2.75) is 52.1 Å². The molecule has 0 saturated heterocycles. The molecule has 1 aliphatic rings. The average molecular weight is 491 g/mol. The van der Waals surface area contributed by atoms with Crippen LogP contribution < -0.4 is 10.4 Å². The summed E-state index contributed by atoms with van der Waals surface area (Å²) in [5.41, 5.74) is 2.26. The van der Waals surface area contributed by atoms with Gasteiger partial charge in [-0.3, -0.25) is 4.79 Å². The Morgan fingerprint density at radius 3 is 2.20 bits per heavy atom. The van der Waals surface area contributed by atoms with Gasteiger partial charge in [0.25, 0.3) is 8.32 Å². The van der Waals surface area contributed by atoms with Gasteiger partial charge in [0.1, 0.15) is 0 Å². The van der Waals surface area contributed by atoms with Crippen LogP contribution in [0.2, 0.25) is 0 Å². The molecular weight excluding hydrogens is 452 g/mol. The maximum absolute atomic E-state index is 11.4. The molecule has 0 aromatic heterocycles. The second-order valence-corrected chi connectivity index (χ2v) is 12.3. The summed E-state index contributed by atoms with van der Waals surface area (Å²) in [7, 11) is -1.31. The Morgan fingerprint density at radius 2 is 1.69 bits per heavy atom. The van der Waals surface area contributed by atoms with Gasteiger partial charge in [0, 0.05) is 14.0 Å². The lowest BCUT2D eigenvalue weighted by Crippen LogP contribution is -2.64. The molecule has 0 radical (unpaired) electrons. The number of hydrogen-bond donors (Lipinski definition) is 0. The minimum atomic E-state index is -3.00. The molecule has 0 amide bonds. The largest absolute Gasteiger partial charge is 0.466 e. The predicted molar refractivity (Wildman–Crippen MR) is 145 cm³/mol. The number of carbonyl (C=O) groups excluding carboxylic acids is 1. The van der Waals surface area contributed by atoms with Crippen LogP contribution in [0.15, 0.2) is 95.7 Å². The first-order chi connectivity index (χ1) is 17.0. The summed E-state index contributed by atoms with van der Waals surface area (Å²) in [5, 5.41) is 3.38. The van der Waals surface area contributed by atoms with E-state index in [1.165, 1.54) is 25.3 Å². The van der Waals surface area contributed by atoms with Gasteiger partial charge in [-0.1, -0.05) is 79.4 Å². The van der Waals surface area contributed by atoms with Crippen LogP contribution in [0.1, 0.15) is 46.0 Å². The van der Waals surface area contributed by atoms with Gasteiger partial charge >= 0.3 is 5.97 Å². The zero-order valence-corrected chi connectivity index (χ0v) is 22.3. The highest BCUT2D eigenvalue weighted by Gasteiger charge is 2.46. The van der Waals surface area contributed by atoms with Crippen LogP contribution in [-0.4, -0.2) is 40.7 Å². The van der Waals surface area contributed by atoms with Crippen LogP contribution >= 0.6 is 0 Å². The monoisotopic (exact) mass is 490 g/mol. The molecule has 0 saturated carbocycles. The van der Waals surface area contributed by atoms with Crippen molar-refractivity contribution in [1.29, 1.82) is 0 Å². The van der Waals surface area contributed by atoms with E-state index >= 15 is 0 Å². The number of esters is 1. The second-order valence-electron chi connectivity index (χ2n) is 8.98. The van der Waals surface area contributed by atoms with E-state index < -0.39 is 8.32 Å². The zero-order chi connectivity index (χ0) is 25.1. The number of benzene rings is 2. The van der Waals surface area contributed by atoms with E-state index in [0.717, 1.165) is 34.0 Å². The molecule has 0 fully saturated rings. The van der Waals surface area contributed by atoms with Crippen LogP contribution in [0.25, 0.3) is 0 Å². The Kier molecular flexibility index (Phi) is 10.3. The summed E-state index contributed by atoms with van der Waals surface area (Å²) in [6, 6.07) is 21.0. The van der Waals surface area contributed by atoms with E-state index in [1.807, 2.05) is 12.1 Å². The first-order valence-electron chi connectivity index (χ1n) is 12.5. The number of methoxy groups -OCH3 is 1. The molecule has 0 N–H and O–H groups in total. The van der Waals surface area contributed by atoms with Crippen molar-refractivity contribution in [3.05, 3.63) is 95.7 Å². The van der Waals surface area contributed by atoms with Crippen molar-refractivity contribution < 1.29 is 18.7 Å². The van der Waals surface area contributed by atoms with Gasteiger partial charge in [-0.2, -0.15) is 0 Å². The Hall–Kier alpha value is -2.73. The van der Waals surface area contributed by atoms with E-state index in [-0.39, 0.29) is 12.1 Å². The summed E-state index contributed by atoms with van der Waals surface area (Å²) < 4.78 is 18.1. The van der Waals surface area contributed by atoms with E-state index in [0.29, 0.717) is 19.6 Å². The molecule has 3 rings (SSSR count). The number of ether oxygens (including phenoxy) is 2. The molecule has 4 nitrogen and oxygen atoms in total. The quantitative estimate of drug-likeness (QED) is 0.134. The van der Waals surface area contributed by atoms with Gasteiger partial charge in [0.15, 0.2) is 0 Å². The van der Waals surface area contributed by atoms with E-state index in [9.17, 15) is 4.79 Å². The summed E-state index contributed by atoms with van der Waals surface area (Å²) in [5.74, 6) is -0.278. The van der Waals surface area contributed by atoms with Gasteiger partial charge in [-0.05, 0) is 65.7 Å². The molecule has 1 aliphatic carbocycles. The zero-order valence-electron chi connectivity index (χ0n) is 21.3. The smallest absolute Gasteiger partial charge is 0.302 e. The first kappa shape index (κ1) is 26.9. The number of hydrogen-bond acceptors (Lipinski definition) is 4. The standard InChI is InChI=1S/C30H38O4Si/c1-24(23-32-4)30(21-14-22-33-26(3)31)35(28-17-10-6-11-18-28,29-19-12-7-13-20-29)34-25(2)27-15-8-5-9-16-27/h6-7,10-13,15,17-21,25H,1,5,8-9,14,16,22-23H2,2-4H3/b30-21-. The molecule has 2 aromatic rings. The Morgan fingerprint density at radius 1 is 1.06 bits per heavy atom. The van der Waals surface area contributed by atoms with Crippen LogP contribution in [0, 0.1) is 0 Å². The highest BCUT2D eigenvalue weighted by molar-refractivity contribution is 7.03. The fourth-order valence-electron chi connectivity index (χ4n) is 4.79. The second kappa shape index (κ2) is 13.4. The van der Waals surface area contributed by atoms with Crippen molar-refractivity contribution in [2.75, 3.05) is 20.3 Å². The highest BCUT2D eigenvalue weighted by Crippen LogP contribution is 2.30. The third-order valence-corrected chi connectivity index (χ3v) is 10.7. The average Bonchev–Trinajstić information content (AvgIpc) is 2.89. The third-order valence-electron chi connectivity index (χ3n) is 6.41. The molecule has 0 aliphatic heterocycles. The van der Waals surface area contributed by atoms with Crippen LogP contribution in [0.4, 0.5) is 0 Å². The minimum Gasteiger partial charge on any atom is -0.466 e. The lowest BCUT2D eigenvalue weighted by molar-refractivity contribution is -0.140. The highest BCUT2D eigenvalue weighted by atomic mass is 28.4. The third kappa shape index (κ3) is 6.91. The van der Waals surface area contributed by atoms with Crippen molar-refractivity contribution in [1.82, 2.24) is 0 Å². The van der Waals surface area contributed by atoms with Crippen molar-refractivity contribution in [3.63, 3.8) is 0 Å². The molecule has 0 spiro atoms. The topological polar surface area (TPSA) is 44.8 Å². The Labute approximate surface area is 211 Å². The Balaban J connectivity index is 2.21. The molecule has 2 aromatic carbocycles. The lowest BCUT2D eigenvalue weighted by atomic mass is 9.96. The maximum atomic E-state index is 11.4. The van der Waals surface area contributed by atoms with Crippen LogP contribution in [0.5, 0.6) is 0 Å². The van der Waals surface area contributed by atoms with Crippen molar-refractivity contribution in [2.24, 2.45) is 0 Å². The van der Waals surface area contributed by atoms with Crippen LogP contribution in [0.3, 0.4) is 0 Å². The summed E-state index contributed by atoms with van der Waals surface area (Å²) in [6.45, 7) is 8.76. The normalized spacial score (nSPS) is 15.3. The summed E-state index contributed by atoms with van der Waals surface area (Å²) in [6.07, 6.45) is 9.67. The van der Waals surface area contributed by atoms with E-state index in [2.05, 4.69) is 74.2 Å². The molecule has 5 heteroatoms. The van der Waals surface area contributed by atoms with Gasteiger partial charge in [0.2, 0.25) is 0 Å². The van der Waals surface area contributed by atoms with Crippen molar-refractivity contribution >= 4 is 24.7 Å². The Bertz CT molecular complexity index is 987. The molecule has 0 bridgehead atoms. The van der Waals surface area contributed by atoms with Gasteiger partial charge in [-0.15, -0.1) is 0 Å². The SMILES string of the molecule is C=C(COC)/C(=C/CCOC(C)=O)[Si](OC(C)C1=CCCCC1)(c1ccccc1)c1ccccc1. The molecular formula is C30H38O4Si. The first-order valence-corrected chi connectivity index (χ1v) is 14.4. The maximum Gasteiger partial charge on any atom is 0.302 e. The predicted octanol–water partition coefficient (Wildman–Crippen LogP) is 5.27. The van der Waals surface area contributed by atoms with Gasteiger partial charge in [-0.25, -0.2) is 0 Å². The van der Waals surface area contributed by atoms with E-state index in [1.54, 1.807) is 7.11 Å². The molecule has 1 unspecified atom stereocenters. The number of allylic oxidation sites excluding steroid dienone is 1. The number of carbonyl (C=O) groups is 1. The van der Waals surface area contributed by atoms with Crippen molar-refractivity contribution in [3.8, 4) is 0 Å². The fourth-order valence-corrected chi connectivity index (χ4v) is 9.15. The number of rotatable bonds is 12. The summed E-state index contributed by atoms with van der Waals surface area (Å²) >= 11 is 0.